The van der Waals surface area contributed by atoms with Gasteiger partial charge in [0.2, 0.25) is 0 Å². The Kier molecular flexibility index (Phi) is 4.04. The lowest BCUT2D eigenvalue weighted by Gasteiger charge is -2.08. The molecule has 0 saturated carbocycles. The summed E-state index contributed by atoms with van der Waals surface area (Å²) in [7, 11) is 1.55. The fourth-order valence-electron chi connectivity index (χ4n) is 1.54. The molecule has 0 aliphatic rings. The van der Waals surface area contributed by atoms with Gasteiger partial charge in [-0.05, 0) is 43.3 Å². The van der Waals surface area contributed by atoms with Crippen LogP contribution < -0.4 is 4.74 Å². The Morgan fingerprint density at radius 2 is 2.00 bits per heavy atom. The average Bonchev–Trinajstić information content (AvgIpc) is 2.27. The van der Waals surface area contributed by atoms with Crippen molar-refractivity contribution in [3.05, 3.63) is 34.9 Å². The zero-order valence-electron chi connectivity index (χ0n) is 10.3. The lowest BCUT2D eigenvalue weighted by atomic mass is 10.3. The molecule has 0 aliphatic carbocycles. The topological polar surface area (TPSA) is 47.9 Å². The van der Waals surface area contributed by atoms with Gasteiger partial charge in [-0.3, -0.25) is 0 Å². The molecule has 2 aromatic heterocycles. The highest BCUT2D eigenvalue weighted by Gasteiger charge is 2.12. The Balaban J connectivity index is 2.36. The van der Waals surface area contributed by atoms with Crippen molar-refractivity contribution < 1.29 is 4.74 Å². The van der Waals surface area contributed by atoms with Gasteiger partial charge >= 0.3 is 0 Å². The average molecular weight is 282 g/mol. The normalized spacial score (nSPS) is 10.4. The van der Waals surface area contributed by atoms with Gasteiger partial charge in [0.05, 0.1) is 7.11 Å². The number of halogens is 1. The van der Waals surface area contributed by atoms with Gasteiger partial charge in [0, 0.05) is 5.69 Å². The Morgan fingerprint density at radius 1 is 1.22 bits per heavy atom. The van der Waals surface area contributed by atoms with Gasteiger partial charge in [-0.25, -0.2) is 15.0 Å². The third-order valence-electron chi connectivity index (χ3n) is 2.21. The first-order valence-electron chi connectivity index (χ1n) is 5.28. The molecule has 0 atom stereocenters. The lowest BCUT2D eigenvalue weighted by Crippen LogP contribution is -1.94. The van der Waals surface area contributed by atoms with E-state index in [-0.39, 0.29) is 0 Å². The molecule has 0 aromatic carbocycles. The molecule has 0 saturated heterocycles. The van der Waals surface area contributed by atoms with Crippen molar-refractivity contribution in [3.8, 4) is 5.75 Å². The van der Waals surface area contributed by atoms with Gasteiger partial charge in [-0.1, -0.05) is 11.6 Å². The van der Waals surface area contributed by atoms with Gasteiger partial charge in [-0.15, -0.1) is 0 Å². The highest BCUT2D eigenvalue weighted by Crippen LogP contribution is 2.35. The van der Waals surface area contributed by atoms with Crippen LogP contribution in [-0.2, 0) is 0 Å². The highest BCUT2D eigenvalue weighted by atomic mass is 35.5. The number of nitrogens with zero attached hydrogens (tertiary/aromatic N) is 3. The SMILES string of the molecule is COc1c(Cl)ncnc1Sc1cc(C)cc(C)n1. The number of hydrogen-bond donors (Lipinski definition) is 0. The molecular weight excluding hydrogens is 270 g/mol. The molecule has 2 aromatic rings. The maximum absolute atomic E-state index is 5.95. The third kappa shape index (κ3) is 2.91. The maximum Gasteiger partial charge on any atom is 0.188 e. The number of pyridine rings is 1. The van der Waals surface area contributed by atoms with Crippen molar-refractivity contribution >= 4 is 23.4 Å². The molecule has 2 heterocycles. The first kappa shape index (κ1) is 13.1. The van der Waals surface area contributed by atoms with E-state index in [1.54, 1.807) is 7.11 Å². The van der Waals surface area contributed by atoms with Gasteiger partial charge < -0.3 is 4.74 Å². The van der Waals surface area contributed by atoms with E-state index in [4.69, 9.17) is 16.3 Å². The first-order chi connectivity index (χ1) is 8.60. The van der Waals surface area contributed by atoms with E-state index in [2.05, 4.69) is 15.0 Å². The van der Waals surface area contributed by atoms with Crippen molar-refractivity contribution in [1.29, 1.82) is 0 Å². The molecule has 0 radical (unpaired) electrons. The summed E-state index contributed by atoms with van der Waals surface area (Å²) < 4.78 is 5.20. The van der Waals surface area contributed by atoms with Crippen LogP contribution in [0.2, 0.25) is 5.15 Å². The summed E-state index contributed by atoms with van der Waals surface area (Å²) in [4.78, 5) is 12.5. The number of ether oxygens (including phenoxy) is 1. The van der Waals surface area contributed by atoms with Crippen LogP contribution in [-0.4, -0.2) is 22.1 Å². The molecule has 0 aliphatic heterocycles. The number of methoxy groups -OCH3 is 1. The van der Waals surface area contributed by atoms with Crippen LogP contribution in [0.1, 0.15) is 11.3 Å². The Morgan fingerprint density at radius 3 is 2.67 bits per heavy atom. The van der Waals surface area contributed by atoms with E-state index < -0.39 is 0 Å². The number of hydrogen-bond acceptors (Lipinski definition) is 5. The van der Waals surface area contributed by atoms with Crippen molar-refractivity contribution in [2.45, 2.75) is 23.9 Å². The fraction of sp³-hybridized carbons (Fsp3) is 0.250. The first-order valence-corrected chi connectivity index (χ1v) is 6.47. The summed E-state index contributed by atoms with van der Waals surface area (Å²) in [5.41, 5.74) is 2.13. The van der Waals surface area contributed by atoms with Crippen molar-refractivity contribution in [2.75, 3.05) is 7.11 Å². The predicted molar refractivity (Wildman–Crippen MR) is 71.4 cm³/mol. The van der Waals surface area contributed by atoms with Gasteiger partial charge in [0.1, 0.15) is 16.4 Å². The van der Waals surface area contributed by atoms with Crippen LogP contribution in [0.25, 0.3) is 0 Å². The van der Waals surface area contributed by atoms with Crippen LogP contribution in [0.5, 0.6) is 5.75 Å². The van der Waals surface area contributed by atoms with Gasteiger partial charge in [-0.2, -0.15) is 0 Å². The molecule has 94 valence electrons. The molecule has 2 rings (SSSR count). The molecule has 0 spiro atoms. The van der Waals surface area contributed by atoms with Crippen molar-refractivity contribution in [3.63, 3.8) is 0 Å². The number of rotatable bonds is 3. The van der Waals surface area contributed by atoms with Crippen LogP contribution >= 0.6 is 23.4 Å². The summed E-state index contributed by atoms with van der Waals surface area (Å²) in [5.74, 6) is 0.477. The zero-order valence-corrected chi connectivity index (χ0v) is 11.8. The van der Waals surface area contributed by atoms with E-state index >= 15 is 0 Å². The van der Waals surface area contributed by atoms with E-state index in [0.29, 0.717) is 15.9 Å². The largest absolute Gasteiger partial charge is 0.491 e. The minimum Gasteiger partial charge on any atom is -0.491 e. The molecule has 0 N–H and O–H groups in total. The number of aromatic nitrogens is 3. The van der Waals surface area contributed by atoms with Crippen molar-refractivity contribution in [1.82, 2.24) is 15.0 Å². The van der Waals surface area contributed by atoms with Crippen LogP contribution in [0.4, 0.5) is 0 Å². The third-order valence-corrected chi connectivity index (χ3v) is 3.38. The van der Waals surface area contributed by atoms with E-state index in [0.717, 1.165) is 16.3 Å². The lowest BCUT2D eigenvalue weighted by molar-refractivity contribution is 0.398. The Hall–Kier alpha value is -1.33. The molecule has 18 heavy (non-hydrogen) atoms. The Labute approximate surface area is 115 Å². The molecule has 4 nitrogen and oxygen atoms in total. The minimum absolute atomic E-state index is 0.305. The van der Waals surface area contributed by atoms with Gasteiger partial charge in [0.25, 0.3) is 0 Å². The van der Waals surface area contributed by atoms with Crippen LogP contribution in [0, 0.1) is 13.8 Å². The quantitative estimate of drug-likeness (QED) is 0.808. The summed E-state index contributed by atoms with van der Waals surface area (Å²) in [6.45, 7) is 3.99. The molecule has 0 fully saturated rings. The molecule has 0 unspecified atom stereocenters. The Bertz CT molecular complexity index is 557. The number of aryl methyl sites for hydroxylation is 2. The molecule has 0 bridgehead atoms. The van der Waals surface area contributed by atoms with E-state index in [1.807, 2.05) is 26.0 Å². The zero-order chi connectivity index (χ0) is 13.1. The second-order valence-electron chi connectivity index (χ2n) is 3.73. The monoisotopic (exact) mass is 281 g/mol. The molecule has 6 heteroatoms. The second kappa shape index (κ2) is 5.54. The fourth-order valence-corrected chi connectivity index (χ4v) is 2.81. The van der Waals surface area contributed by atoms with Crippen LogP contribution in [0.15, 0.2) is 28.5 Å². The van der Waals surface area contributed by atoms with E-state index in [1.165, 1.54) is 18.1 Å². The summed E-state index contributed by atoms with van der Waals surface area (Å²) in [5, 5.41) is 1.83. The summed E-state index contributed by atoms with van der Waals surface area (Å²) in [6.07, 6.45) is 1.41. The maximum atomic E-state index is 5.95. The van der Waals surface area contributed by atoms with Gasteiger partial charge in [0.15, 0.2) is 10.9 Å². The minimum atomic E-state index is 0.305. The van der Waals surface area contributed by atoms with Crippen molar-refractivity contribution in [2.24, 2.45) is 0 Å². The second-order valence-corrected chi connectivity index (χ2v) is 5.10. The highest BCUT2D eigenvalue weighted by molar-refractivity contribution is 7.99. The standard InChI is InChI=1S/C12H12ClN3OS/c1-7-4-8(2)16-9(5-7)18-12-10(17-3)11(13)14-6-15-12/h4-6H,1-3H3. The van der Waals surface area contributed by atoms with Crippen LogP contribution in [0.3, 0.4) is 0 Å². The summed E-state index contributed by atoms with van der Waals surface area (Å²) in [6, 6.07) is 4.02. The van der Waals surface area contributed by atoms with E-state index in [9.17, 15) is 0 Å². The smallest absolute Gasteiger partial charge is 0.188 e. The molecule has 0 amide bonds. The summed E-state index contributed by atoms with van der Waals surface area (Å²) >= 11 is 7.36. The predicted octanol–water partition coefficient (Wildman–Crippen LogP) is 3.30. The molecular formula is C12H12ClN3OS.